The molecule has 0 N–H and O–H groups in total. The second kappa shape index (κ2) is 6.48. The van der Waals surface area contributed by atoms with Crippen LogP contribution in [0.25, 0.3) is 22.0 Å². The van der Waals surface area contributed by atoms with Crippen molar-refractivity contribution in [1.29, 1.82) is 0 Å². The summed E-state index contributed by atoms with van der Waals surface area (Å²) < 4.78 is 11.2. The monoisotopic (exact) mass is 388 g/mol. The first-order valence-electron chi connectivity index (χ1n) is 9.44. The van der Waals surface area contributed by atoms with Crippen molar-refractivity contribution in [2.24, 2.45) is 0 Å². The van der Waals surface area contributed by atoms with Gasteiger partial charge in [-0.15, -0.1) is 0 Å². The number of aryl methyl sites for hydroxylation is 1. The predicted octanol–water partition coefficient (Wildman–Crippen LogP) is 3.79. The van der Waals surface area contributed by atoms with E-state index in [9.17, 15) is 4.79 Å². The SMILES string of the molecule is COc1ccc2oc(C(=O)N3CCN(C)c4nc5ccccc5nc43)c(C)c2c1. The van der Waals surface area contributed by atoms with Gasteiger partial charge in [-0.25, -0.2) is 9.97 Å². The number of ether oxygens (including phenoxy) is 1. The van der Waals surface area contributed by atoms with E-state index in [-0.39, 0.29) is 5.91 Å². The van der Waals surface area contributed by atoms with E-state index in [4.69, 9.17) is 19.1 Å². The molecule has 0 spiro atoms. The lowest BCUT2D eigenvalue weighted by Crippen LogP contribution is -2.43. The molecule has 0 saturated carbocycles. The van der Waals surface area contributed by atoms with Gasteiger partial charge in [0.15, 0.2) is 17.4 Å². The van der Waals surface area contributed by atoms with Gasteiger partial charge < -0.3 is 14.1 Å². The highest BCUT2D eigenvalue weighted by Crippen LogP contribution is 2.34. The average molecular weight is 388 g/mol. The lowest BCUT2D eigenvalue weighted by molar-refractivity contribution is 0.0960. The van der Waals surface area contributed by atoms with Crippen LogP contribution >= 0.6 is 0 Å². The average Bonchev–Trinajstić information content (AvgIpc) is 3.08. The van der Waals surface area contributed by atoms with E-state index in [2.05, 4.69) is 0 Å². The van der Waals surface area contributed by atoms with E-state index in [0.717, 1.165) is 27.7 Å². The molecule has 2 aromatic carbocycles. The summed E-state index contributed by atoms with van der Waals surface area (Å²) in [5.74, 6) is 2.08. The number of anilines is 2. The van der Waals surface area contributed by atoms with Crippen LogP contribution < -0.4 is 14.5 Å². The van der Waals surface area contributed by atoms with Crippen LogP contribution in [0.1, 0.15) is 16.1 Å². The first-order valence-corrected chi connectivity index (χ1v) is 9.44. The minimum absolute atomic E-state index is 0.211. The van der Waals surface area contributed by atoms with Crippen molar-refractivity contribution in [2.45, 2.75) is 6.92 Å². The Balaban J connectivity index is 1.63. The van der Waals surface area contributed by atoms with Gasteiger partial charge in [0.2, 0.25) is 0 Å². The smallest absolute Gasteiger partial charge is 0.295 e. The molecular weight excluding hydrogens is 368 g/mol. The highest BCUT2D eigenvalue weighted by atomic mass is 16.5. The van der Waals surface area contributed by atoms with Crippen LogP contribution in [-0.2, 0) is 0 Å². The van der Waals surface area contributed by atoms with Crippen molar-refractivity contribution in [2.75, 3.05) is 37.0 Å². The van der Waals surface area contributed by atoms with E-state index >= 15 is 0 Å². The number of nitrogens with zero attached hydrogens (tertiary/aromatic N) is 4. The van der Waals surface area contributed by atoms with Crippen LogP contribution in [-0.4, -0.2) is 43.1 Å². The van der Waals surface area contributed by atoms with E-state index in [1.54, 1.807) is 12.0 Å². The van der Waals surface area contributed by atoms with Gasteiger partial charge in [-0.1, -0.05) is 12.1 Å². The lowest BCUT2D eigenvalue weighted by Gasteiger charge is -2.33. The fraction of sp³-hybridized carbons (Fsp3) is 0.227. The Morgan fingerprint density at radius 1 is 1.07 bits per heavy atom. The third-order valence-corrected chi connectivity index (χ3v) is 5.39. The molecule has 7 nitrogen and oxygen atoms in total. The maximum Gasteiger partial charge on any atom is 0.295 e. The van der Waals surface area contributed by atoms with Crippen LogP contribution in [0.3, 0.4) is 0 Å². The van der Waals surface area contributed by atoms with Gasteiger partial charge in [-0.2, -0.15) is 0 Å². The largest absolute Gasteiger partial charge is 0.497 e. The molecule has 146 valence electrons. The first kappa shape index (κ1) is 17.5. The summed E-state index contributed by atoms with van der Waals surface area (Å²) in [5.41, 5.74) is 3.01. The van der Waals surface area contributed by atoms with Gasteiger partial charge in [0.25, 0.3) is 5.91 Å². The maximum atomic E-state index is 13.5. The van der Waals surface area contributed by atoms with E-state index in [0.29, 0.717) is 36.1 Å². The third-order valence-electron chi connectivity index (χ3n) is 5.39. The minimum atomic E-state index is -0.211. The summed E-state index contributed by atoms with van der Waals surface area (Å²) in [4.78, 5) is 26.6. The number of hydrogen-bond donors (Lipinski definition) is 0. The number of carbonyl (C=O) groups excluding carboxylic acids is 1. The molecule has 0 fully saturated rings. The molecule has 0 saturated heterocycles. The topological polar surface area (TPSA) is 71.7 Å². The number of likely N-dealkylation sites (N-methyl/N-ethyl adjacent to an activating group) is 1. The lowest BCUT2D eigenvalue weighted by atomic mass is 10.1. The molecule has 0 unspecified atom stereocenters. The highest BCUT2D eigenvalue weighted by Gasteiger charge is 2.32. The molecule has 5 rings (SSSR count). The Morgan fingerprint density at radius 2 is 1.79 bits per heavy atom. The normalized spacial score (nSPS) is 13.8. The number of hydrogen-bond acceptors (Lipinski definition) is 6. The summed E-state index contributed by atoms with van der Waals surface area (Å²) >= 11 is 0. The van der Waals surface area contributed by atoms with Gasteiger partial charge in [-0.05, 0) is 37.3 Å². The van der Waals surface area contributed by atoms with Crippen LogP contribution in [0.5, 0.6) is 5.75 Å². The Hall–Kier alpha value is -3.61. The number of amides is 1. The Bertz CT molecular complexity index is 1260. The molecule has 0 aliphatic carbocycles. The molecule has 1 aliphatic heterocycles. The number of methoxy groups -OCH3 is 1. The van der Waals surface area contributed by atoms with E-state index in [1.807, 2.05) is 61.3 Å². The van der Waals surface area contributed by atoms with Crippen LogP contribution in [0.15, 0.2) is 46.9 Å². The third kappa shape index (κ3) is 2.69. The molecular formula is C22H20N4O3. The fourth-order valence-electron chi connectivity index (χ4n) is 3.73. The molecule has 29 heavy (non-hydrogen) atoms. The number of fused-ring (bicyclic) bond motifs is 3. The van der Waals surface area contributed by atoms with Crippen LogP contribution in [0, 0.1) is 6.92 Å². The summed E-state index contributed by atoms with van der Waals surface area (Å²) in [6.45, 7) is 3.07. The molecule has 0 radical (unpaired) electrons. The fourth-order valence-corrected chi connectivity index (χ4v) is 3.73. The molecule has 2 aromatic heterocycles. The van der Waals surface area contributed by atoms with Crippen molar-refractivity contribution in [3.8, 4) is 5.75 Å². The quantitative estimate of drug-likeness (QED) is 0.520. The Kier molecular flexibility index (Phi) is 3.91. The number of carbonyl (C=O) groups is 1. The molecule has 7 heteroatoms. The van der Waals surface area contributed by atoms with Crippen molar-refractivity contribution < 1.29 is 13.9 Å². The van der Waals surface area contributed by atoms with Crippen molar-refractivity contribution >= 4 is 39.5 Å². The first-order chi connectivity index (χ1) is 14.1. The standard InChI is InChI=1S/C22H20N4O3/c1-13-15-12-14(28-3)8-9-18(15)29-19(13)22(27)26-11-10-25(2)20-21(26)24-17-7-5-4-6-16(17)23-20/h4-9,12H,10-11H2,1-3H3. The number of benzene rings is 2. The van der Waals surface area contributed by atoms with Crippen molar-refractivity contribution in [1.82, 2.24) is 9.97 Å². The maximum absolute atomic E-state index is 13.5. The number of rotatable bonds is 2. The Morgan fingerprint density at radius 3 is 2.52 bits per heavy atom. The van der Waals surface area contributed by atoms with Gasteiger partial charge in [0.05, 0.1) is 18.1 Å². The zero-order valence-electron chi connectivity index (χ0n) is 16.5. The molecule has 4 aromatic rings. The zero-order chi connectivity index (χ0) is 20.1. The summed E-state index contributed by atoms with van der Waals surface area (Å²) in [6.07, 6.45) is 0. The molecule has 1 aliphatic rings. The van der Waals surface area contributed by atoms with E-state index in [1.165, 1.54) is 0 Å². The second-order valence-electron chi connectivity index (χ2n) is 7.16. The predicted molar refractivity (Wildman–Crippen MR) is 112 cm³/mol. The molecule has 0 atom stereocenters. The number of furan rings is 1. The van der Waals surface area contributed by atoms with Crippen molar-refractivity contribution in [3.05, 3.63) is 53.8 Å². The Labute approximate surface area is 167 Å². The van der Waals surface area contributed by atoms with Crippen LogP contribution in [0.4, 0.5) is 11.6 Å². The summed E-state index contributed by atoms with van der Waals surface area (Å²) in [5, 5.41) is 0.867. The van der Waals surface area contributed by atoms with Crippen molar-refractivity contribution in [3.63, 3.8) is 0 Å². The molecule has 0 bridgehead atoms. The molecule has 3 heterocycles. The van der Waals surface area contributed by atoms with Gasteiger partial charge in [0, 0.05) is 31.1 Å². The number of aromatic nitrogens is 2. The van der Waals surface area contributed by atoms with Gasteiger partial charge in [0.1, 0.15) is 11.3 Å². The minimum Gasteiger partial charge on any atom is -0.497 e. The van der Waals surface area contributed by atoms with Gasteiger partial charge in [-0.3, -0.25) is 9.69 Å². The van der Waals surface area contributed by atoms with Gasteiger partial charge >= 0.3 is 0 Å². The second-order valence-corrected chi connectivity index (χ2v) is 7.16. The summed E-state index contributed by atoms with van der Waals surface area (Å²) in [7, 11) is 3.58. The van der Waals surface area contributed by atoms with E-state index < -0.39 is 0 Å². The molecule has 1 amide bonds. The van der Waals surface area contributed by atoms with Crippen LogP contribution in [0.2, 0.25) is 0 Å². The highest BCUT2D eigenvalue weighted by molar-refractivity contribution is 6.09. The number of para-hydroxylation sites is 2. The summed E-state index contributed by atoms with van der Waals surface area (Å²) in [6, 6.07) is 13.2. The zero-order valence-corrected chi connectivity index (χ0v) is 16.5.